The van der Waals surface area contributed by atoms with Crippen molar-refractivity contribution in [3.63, 3.8) is 0 Å². The van der Waals surface area contributed by atoms with Gasteiger partial charge in [-0.1, -0.05) is 0 Å². The Hall–Kier alpha value is -1.99. The zero-order chi connectivity index (χ0) is 13.0. The Bertz CT molecular complexity index is 440. The zero-order valence-corrected chi connectivity index (χ0v) is 10.1. The van der Waals surface area contributed by atoms with Crippen LogP contribution in [-0.2, 0) is 16.1 Å². The van der Waals surface area contributed by atoms with Gasteiger partial charge in [-0.15, -0.1) is 5.10 Å². The van der Waals surface area contributed by atoms with Crippen molar-refractivity contribution >= 4 is 11.9 Å². The molecule has 1 fully saturated rings. The second-order valence-electron chi connectivity index (χ2n) is 4.13. The number of hydrogen-bond acceptors (Lipinski definition) is 6. The number of carbonyl (C=O) groups is 2. The molecule has 0 radical (unpaired) electrons. The third-order valence-electron chi connectivity index (χ3n) is 2.57. The summed E-state index contributed by atoms with van der Waals surface area (Å²) in [6.45, 7) is 2.53. The highest BCUT2D eigenvalue weighted by Gasteiger charge is 2.23. The van der Waals surface area contributed by atoms with E-state index in [0.717, 1.165) is 4.68 Å². The Balaban J connectivity index is 1.89. The number of esters is 1. The van der Waals surface area contributed by atoms with Gasteiger partial charge in [0.2, 0.25) is 5.91 Å². The van der Waals surface area contributed by atoms with Gasteiger partial charge >= 0.3 is 5.97 Å². The van der Waals surface area contributed by atoms with Gasteiger partial charge in [0, 0.05) is 6.54 Å². The Labute approximate surface area is 104 Å². The van der Waals surface area contributed by atoms with Crippen molar-refractivity contribution in [2.45, 2.75) is 26.3 Å². The lowest BCUT2D eigenvalue weighted by Gasteiger charge is -2.05. The summed E-state index contributed by atoms with van der Waals surface area (Å²) >= 11 is 0. The molecule has 1 aliphatic rings. The summed E-state index contributed by atoms with van der Waals surface area (Å²) in [7, 11) is 0. The van der Waals surface area contributed by atoms with Gasteiger partial charge in [0.25, 0.3) is 5.82 Å². The second-order valence-corrected chi connectivity index (χ2v) is 4.13. The predicted octanol–water partition coefficient (Wildman–Crippen LogP) is -0.624. The van der Waals surface area contributed by atoms with Gasteiger partial charge < -0.3 is 10.1 Å². The number of hydrogen-bond donors (Lipinski definition) is 1. The quantitative estimate of drug-likeness (QED) is 0.678. The van der Waals surface area contributed by atoms with Crippen molar-refractivity contribution in [1.82, 2.24) is 25.5 Å². The molecular formula is C10H15N5O3. The summed E-state index contributed by atoms with van der Waals surface area (Å²) in [6.07, 6.45) is 2.33. The van der Waals surface area contributed by atoms with Gasteiger partial charge in [-0.2, -0.15) is 0 Å². The fourth-order valence-electron chi connectivity index (χ4n) is 1.43. The molecule has 18 heavy (non-hydrogen) atoms. The Morgan fingerprint density at radius 1 is 1.50 bits per heavy atom. The maximum atomic E-state index is 11.6. The van der Waals surface area contributed by atoms with Crippen molar-refractivity contribution < 1.29 is 14.3 Å². The molecule has 0 saturated heterocycles. The van der Waals surface area contributed by atoms with Crippen LogP contribution in [0.25, 0.3) is 0 Å². The van der Waals surface area contributed by atoms with E-state index in [4.69, 9.17) is 4.74 Å². The Morgan fingerprint density at radius 2 is 2.28 bits per heavy atom. The first-order valence-electron chi connectivity index (χ1n) is 5.90. The van der Waals surface area contributed by atoms with Crippen molar-refractivity contribution in [1.29, 1.82) is 0 Å². The topological polar surface area (TPSA) is 99.0 Å². The van der Waals surface area contributed by atoms with Crippen LogP contribution in [0.1, 0.15) is 30.4 Å². The van der Waals surface area contributed by atoms with E-state index in [1.807, 2.05) is 0 Å². The predicted molar refractivity (Wildman–Crippen MR) is 59.5 cm³/mol. The average Bonchev–Trinajstić information content (AvgIpc) is 3.06. The zero-order valence-electron chi connectivity index (χ0n) is 10.1. The molecule has 1 amide bonds. The van der Waals surface area contributed by atoms with E-state index in [2.05, 4.69) is 20.8 Å². The van der Waals surface area contributed by atoms with E-state index in [9.17, 15) is 9.59 Å². The van der Waals surface area contributed by atoms with Gasteiger partial charge in [-0.25, -0.2) is 9.48 Å². The number of tetrazole rings is 1. The van der Waals surface area contributed by atoms with Crippen LogP contribution in [0.4, 0.5) is 0 Å². The number of amides is 1. The van der Waals surface area contributed by atoms with Gasteiger partial charge in [0.05, 0.1) is 6.61 Å². The molecule has 1 N–H and O–H groups in total. The maximum absolute atomic E-state index is 11.6. The fourth-order valence-corrected chi connectivity index (χ4v) is 1.43. The third kappa shape index (κ3) is 3.25. The molecule has 8 nitrogen and oxygen atoms in total. The molecule has 8 heteroatoms. The number of ether oxygens (including phenoxy) is 1. The smallest absolute Gasteiger partial charge is 0.378 e. The van der Waals surface area contributed by atoms with E-state index < -0.39 is 5.97 Å². The summed E-state index contributed by atoms with van der Waals surface area (Å²) in [5, 5.41) is 13.3. The van der Waals surface area contributed by atoms with Crippen LogP contribution in [-0.4, -0.2) is 45.2 Å². The van der Waals surface area contributed by atoms with Gasteiger partial charge in [0.1, 0.15) is 6.54 Å². The monoisotopic (exact) mass is 253 g/mol. The summed E-state index contributed by atoms with van der Waals surface area (Å²) in [5.41, 5.74) is 0. The minimum Gasteiger partial charge on any atom is -0.460 e. The molecule has 98 valence electrons. The maximum Gasteiger partial charge on any atom is 0.378 e. The summed E-state index contributed by atoms with van der Waals surface area (Å²) in [5.74, 6) is -0.289. The van der Waals surface area contributed by atoms with Crippen molar-refractivity contribution in [3.05, 3.63) is 5.82 Å². The Kier molecular flexibility index (Phi) is 3.85. The van der Waals surface area contributed by atoms with Crippen LogP contribution in [0.5, 0.6) is 0 Å². The number of rotatable bonds is 6. The normalized spacial score (nSPS) is 14.3. The first-order chi connectivity index (χ1) is 8.70. The number of aromatic nitrogens is 4. The molecule has 0 atom stereocenters. The molecule has 1 heterocycles. The van der Waals surface area contributed by atoms with Gasteiger partial charge in [0.15, 0.2) is 0 Å². The molecule has 0 spiro atoms. The van der Waals surface area contributed by atoms with Crippen LogP contribution in [0.2, 0.25) is 0 Å². The number of carbonyl (C=O) groups excluding carboxylic acids is 2. The lowest BCUT2D eigenvalue weighted by Crippen LogP contribution is -2.31. The van der Waals surface area contributed by atoms with Crippen LogP contribution in [0.3, 0.4) is 0 Å². The van der Waals surface area contributed by atoms with Crippen LogP contribution < -0.4 is 5.32 Å². The van der Waals surface area contributed by atoms with E-state index >= 15 is 0 Å². The third-order valence-corrected chi connectivity index (χ3v) is 2.57. The van der Waals surface area contributed by atoms with Gasteiger partial charge in [-0.05, 0) is 36.1 Å². The minimum absolute atomic E-state index is 0.0570. The highest BCUT2D eigenvalue weighted by Crippen LogP contribution is 2.27. The van der Waals surface area contributed by atoms with E-state index in [1.165, 1.54) is 12.8 Å². The van der Waals surface area contributed by atoms with Gasteiger partial charge in [-0.3, -0.25) is 4.79 Å². The van der Waals surface area contributed by atoms with Crippen molar-refractivity contribution in [3.8, 4) is 0 Å². The van der Waals surface area contributed by atoms with Crippen LogP contribution in [0, 0.1) is 5.92 Å². The SMILES string of the molecule is CCOC(=O)c1nnnn1CC(=O)NCC1CC1. The summed E-state index contributed by atoms with van der Waals surface area (Å²) in [6, 6.07) is 0. The van der Waals surface area contributed by atoms with E-state index in [-0.39, 0.29) is 24.9 Å². The molecule has 0 aromatic carbocycles. The fraction of sp³-hybridized carbons (Fsp3) is 0.700. The summed E-state index contributed by atoms with van der Waals surface area (Å²) in [4.78, 5) is 23.1. The average molecular weight is 253 g/mol. The standard InChI is InChI=1S/C10H15N5O3/c1-2-18-10(17)9-12-13-14-15(9)6-8(16)11-5-7-3-4-7/h7H,2-6H2,1H3,(H,11,16). The molecule has 0 unspecified atom stereocenters. The van der Waals surface area contributed by atoms with Crippen molar-refractivity contribution in [2.24, 2.45) is 5.92 Å². The first kappa shape index (κ1) is 12.5. The second kappa shape index (κ2) is 5.56. The lowest BCUT2D eigenvalue weighted by molar-refractivity contribution is -0.121. The lowest BCUT2D eigenvalue weighted by atomic mass is 10.4. The van der Waals surface area contributed by atoms with E-state index in [1.54, 1.807) is 6.92 Å². The van der Waals surface area contributed by atoms with E-state index in [0.29, 0.717) is 12.5 Å². The molecule has 1 saturated carbocycles. The molecule has 2 rings (SSSR count). The number of nitrogens with zero attached hydrogens (tertiary/aromatic N) is 4. The van der Waals surface area contributed by atoms with Crippen LogP contribution in [0.15, 0.2) is 0 Å². The molecular weight excluding hydrogens is 238 g/mol. The Morgan fingerprint density at radius 3 is 2.94 bits per heavy atom. The molecule has 0 aliphatic heterocycles. The molecule has 1 aromatic heterocycles. The van der Waals surface area contributed by atoms with Crippen molar-refractivity contribution in [2.75, 3.05) is 13.2 Å². The largest absolute Gasteiger partial charge is 0.460 e. The highest BCUT2D eigenvalue weighted by atomic mass is 16.5. The number of nitrogens with one attached hydrogen (secondary N) is 1. The van der Waals surface area contributed by atoms with Crippen LogP contribution >= 0.6 is 0 Å². The first-order valence-corrected chi connectivity index (χ1v) is 5.90. The molecule has 1 aliphatic carbocycles. The summed E-state index contributed by atoms with van der Waals surface area (Å²) < 4.78 is 5.92. The molecule has 1 aromatic rings. The minimum atomic E-state index is -0.627. The highest BCUT2D eigenvalue weighted by molar-refractivity contribution is 5.86. The molecule has 0 bridgehead atoms.